The molecule has 0 fully saturated rings. The second-order valence-corrected chi connectivity index (χ2v) is 7.52. The Kier molecular flexibility index (Phi) is 7.79. The minimum Gasteiger partial charge on any atom is -0.395 e. The number of aliphatic hydroxyl groups excluding tert-OH is 1. The van der Waals surface area contributed by atoms with E-state index in [1.165, 1.54) is 10.4 Å². The average molecular weight is 382 g/mol. The Balaban J connectivity index is 2.93. The molecule has 0 heterocycles. The third-order valence-electron chi connectivity index (χ3n) is 3.12. The van der Waals surface area contributed by atoms with Crippen molar-refractivity contribution in [1.29, 1.82) is 0 Å². The van der Waals surface area contributed by atoms with Crippen molar-refractivity contribution in [2.45, 2.75) is 37.5 Å². The van der Waals surface area contributed by atoms with Gasteiger partial charge >= 0.3 is 0 Å². The largest absolute Gasteiger partial charge is 0.395 e. The summed E-state index contributed by atoms with van der Waals surface area (Å²) in [6.45, 7) is 2.23. The third kappa shape index (κ3) is 5.32. The molecule has 0 amide bonds. The summed E-state index contributed by atoms with van der Waals surface area (Å²) in [4.78, 5) is 0.0211. The first-order valence-electron chi connectivity index (χ1n) is 6.99. The Labute approximate surface area is 134 Å². The predicted molar refractivity (Wildman–Crippen MR) is 84.1 cm³/mol. The molecule has 21 heavy (non-hydrogen) atoms. The van der Waals surface area contributed by atoms with Gasteiger partial charge in [0.1, 0.15) is 5.82 Å². The van der Waals surface area contributed by atoms with E-state index in [-0.39, 0.29) is 22.5 Å². The smallest absolute Gasteiger partial charge is 0.244 e. The molecule has 1 aromatic rings. The molecule has 0 aliphatic rings. The zero-order chi connectivity index (χ0) is 15.9. The standard InChI is InChI=1S/C14H21BrFNO3S/c1-2-3-4-5-8-17(9-10-18)21(19,20)14-7-6-12(16)11-13(14)15/h6-7,11,18H,2-5,8-10H2,1H3. The van der Waals surface area contributed by atoms with Gasteiger partial charge in [-0.05, 0) is 40.5 Å². The van der Waals surface area contributed by atoms with Gasteiger partial charge in [-0.3, -0.25) is 0 Å². The number of hydrogen-bond acceptors (Lipinski definition) is 3. The lowest BCUT2D eigenvalue weighted by Crippen LogP contribution is -2.34. The van der Waals surface area contributed by atoms with Crippen LogP contribution < -0.4 is 0 Å². The maximum absolute atomic E-state index is 13.1. The SMILES string of the molecule is CCCCCCN(CCO)S(=O)(=O)c1ccc(F)cc1Br. The molecule has 7 heteroatoms. The van der Waals surface area contributed by atoms with Crippen LogP contribution in [0.3, 0.4) is 0 Å². The Morgan fingerprint density at radius 1 is 1.24 bits per heavy atom. The number of nitrogens with zero attached hydrogens (tertiary/aromatic N) is 1. The molecule has 120 valence electrons. The second kappa shape index (κ2) is 8.82. The van der Waals surface area contributed by atoms with Gasteiger partial charge in [0.25, 0.3) is 0 Å². The number of aliphatic hydroxyl groups is 1. The van der Waals surface area contributed by atoms with Crippen LogP contribution in [-0.4, -0.2) is 37.5 Å². The van der Waals surface area contributed by atoms with E-state index in [2.05, 4.69) is 22.9 Å². The molecule has 1 N–H and O–H groups in total. The highest BCUT2D eigenvalue weighted by Crippen LogP contribution is 2.26. The Bertz CT molecular complexity index is 551. The van der Waals surface area contributed by atoms with Crippen LogP contribution in [-0.2, 0) is 10.0 Å². The monoisotopic (exact) mass is 381 g/mol. The fourth-order valence-electron chi connectivity index (χ4n) is 2.00. The number of halogens is 2. The van der Waals surface area contributed by atoms with Gasteiger partial charge in [0, 0.05) is 17.6 Å². The molecule has 1 rings (SSSR count). The lowest BCUT2D eigenvalue weighted by atomic mass is 10.2. The van der Waals surface area contributed by atoms with Gasteiger partial charge in [-0.2, -0.15) is 4.31 Å². The van der Waals surface area contributed by atoms with E-state index in [1.807, 2.05) is 0 Å². The predicted octanol–water partition coefficient (Wildman–Crippen LogP) is 3.15. The molecular weight excluding hydrogens is 361 g/mol. The van der Waals surface area contributed by atoms with Crippen molar-refractivity contribution in [3.8, 4) is 0 Å². The number of rotatable bonds is 9. The maximum atomic E-state index is 13.1. The molecule has 0 spiro atoms. The summed E-state index contributed by atoms with van der Waals surface area (Å²) in [6, 6.07) is 3.48. The number of sulfonamides is 1. The number of benzene rings is 1. The van der Waals surface area contributed by atoms with Crippen molar-refractivity contribution in [3.63, 3.8) is 0 Å². The summed E-state index contributed by atoms with van der Waals surface area (Å²) >= 11 is 3.09. The van der Waals surface area contributed by atoms with Crippen LogP contribution in [0.1, 0.15) is 32.6 Å². The minimum absolute atomic E-state index is 0.0211. The molecule has 0 saturated carbocycles. The van der Waals surface area contributed by atoms with Gasteiger partial charge < -0.3 is 5.11 Å². The van der Waals surface area contributed by atoms with Crippen LogP contribution in [0.25, 0.3) is 0 Å². The zero-order valence-electron chi connectivity index (χ0n) is 12.1. The highest BCUT2D eigenvalue weighted by atomic mass is 79.9. The second-order valence-electron chi connectivity index (χ2n) is 4.76. The summed E-state index contributed by atoms with van der Waals surface area (Å²) in [7, 11) is -3.74. The lowest BCUT2D eigenvalue weighted by Gasteiger charge is -2.22. The zero-order valence-corrected chi connectivity index (χ0v) is 14.5. The van der Waals surface area contributed by atoms with Crippen molar-refractivity contribution >= 4 is 26.0 Å². The summed E-state index contributed by atoms with van der Waals surface area (Å²) in [5.74, 6) is -0.502. The molecule has 0 aromatic heterocycles. The Morgan fingerprint density at radius 3 is 2.52 bits per heavy atom. The minimum atomic E-state index is -3.74. The summed E-state index contributed by atoms with van der Waals surface area (Å²) in [6.07, 6.45) is 3.80. The molecule has 4 nitrogen and oxygen atoms in total. The topological polar surface area (TPSA) is 57.6 Å². The van der Waals surface area contributed by atoms with Crippen LogP contribution in [0.2, 0.25) is 0 Å². The van der Waals surface area contributed by atoms with Crippen molar-refractivity contribution < 1.29 is 17.9 Å². The van der Waals surface area contributed by atoms with E-state index in [1.54, 1.807) is 0 Å². The fraction of sp³-hybridized carbons (Fsp3) is 0.571. The van der Waals surface area contributed by atoms with Gasteiger partial charge in [-0.15, -0.1) is 0 Å². The fourth-order valence-corrected chi connectivity index (χ4v) is 4.48. The summed E-state index contributed by atoms with van der Waals surface area (Å²) in [5, 5.41) is 9.09. The highest BCUT2D eigenvalue weighted by molar-refractivity contribution is 9.10. The van der Waals surface area contributed by atoms with Gasteiger partial charge in [-0.25, -0.2) is 12.8 Å². The van der Waals surface area contributed by atoms with Gasteiger partial charge in [0.05, 0.1) is 11.5 Å². The first-order valence-corrected chi connectivity index (χ1v) is 9.22. The molecule has 0 bridgehead atoms. The molecule has 0 unspecified atom stereocenters. The van der Waals surface area contributed by atoms with Crippen LogP contribution in [0.15, 0.2) is 27.6 Å². The molecule has 0 atom stereocenters. The van der Waals surface area contributed by atoms with E-state index < -0.39 is 15.8 Å². The molecular formula is C14H21BrFNO3S. The summed E-state index contributed by atoms with van der Waals surface area (Å²) in [5.41, 5.74) is 0. The van der Waals surface area contributed by atoms with Crippen LogP contribution in [0.4, 0.5) is 4.39 Å². The molecule has 0 aliphatic carbocycles. The van der Waals surface area contributed by atoms with E-state index in [9.17, 15) is 12.8 Å². The van der Waals surface area contributed by atoms with Gasteiger partial charge in [0.2, 0.25) is 10.0 Å². The van der Waals surface area contributed by atoms with E-state index in [0.29, 0.717) is 6.54 Å². The lowest BCUT2D eigenvalue weighted by molar-refractivity contribution is 0.251. The van der Waals surface area contributed by atoms with Crippen LogP contribution in [0.5, 0.6) is 0 Å². The normalized spacial score (nSPS) is 12.0. The molecule has 0 saturated heterocycles. The van der Waals surface area contributed by atoms with Gasteiger partial charge in [0.15, 0.2) is 0 Å². The molecule has 0 aliphatic heterocycles. The summed E-state index contributed by atoms with van der Waals surface area (Å²) < 4.78 is 39.7. The number of hydrogen-bond donors (Lipinski definition) is 1. The quantitative estimate of drug-likeness (QED) is 0.668. The van der Waals surface area contributed by atoms with Crippen molar-refractivity contribution in [1.82, 2.24) is 4.31 Å². The van der Waals surface area contributed by atoms with Crippen LogP contribution >= 0.6 is 15.9 Å². The van der Waals surface area contributed by atoms with Crippen molar-refractivity contribution in [2.24, 2.45) is 0 Å². The number of unbranched alkanes of at least 4 members (excludes halogenated alkanes) is 3. The van der Waals surface area contributed by atoms with Crippen molar-refractivity contribution in [2.75, 3.05) is 19.7 Å². The Morgan fingerprint density at radius 2 is 1.95 bits per heavy atom. The first-order chi connectivity index (χ1) is 9.93. The Hall–Kier alpha value is -0.500. The maximum Gasteiger partial charge on any atom is 0.244 e. The molecule has 0 radical (unpaired) electrons. The third-order valence-corrected chi connectivity index (χ3v) is 6.00. The van der Waals surface area contributed by atoms with E-state index >= 15 is 0 Å². The van der Waals surface area contributed by atoms with E-state index in [4.69, 9.17) is 5.11 Å². The van der Waals surface area contributed by atoms with E-state index in [0.717, 1.165) is 37.8 Å². The molecule has 1 aromatic carbocycles. The first kappa shape index (κ1) is 18.5. The highest BCUT2D eigenvalue weighted by Gasteiger charge is 2.26. The van der Waals surface area contributed by atoms with Gasteiger partial charge in [-0.1, -0.05) is 26.2 Å². The van der Waals surface area contributed by atoms with Crippen LogP contribution in [0, 0.1) is 5.82 Å². The average Bonchev–Trinajstić information content (AvgIpc) is 2.41. The van der Waals surface area contributed by atoms with Crippen molar-refractivity contribution in [3.05, 3.63) is 28.5 Å².